The third-order valence-electron chi connectivity index (χ3n) is 8.26. The molecular weight excluding hydrogens is 450 g/mol. The Hall–Kier alpha value is -1.28. The minimum Gasteiger partial charge on any atom is -0.394 e. The highest BCUT2D eigenvalue weighted by molar-refractivity contribution is 8.02. The highest BCUT2D eigenvalue weighted by Gasteiger charge is 2.76. The molecule has 3 aliphatic rings. The fraction of sp³-hybridized carbons (Fsp3) is 0.885. The second kappa shape index (κ2) is 9.30. The molecule has 3 rings (SSSR count). The third kappa shape index (κ3) is 4.38. The van der Waals surface area contributed by atoms with Gasteiger partial charge in [0.05, 0.1) is 29.2 Å². The Morgan fingerprint density at radius 3 is 2.35 bits per heavy atom. The number of aliphatic hydroxyl groups is 1. The summed E-state index contributed by atoms with van der Waals surface area (Å²) < 4.78 is -0.665. The van der Waals surface area contributed by atoms with Crippen LogP contribution in [0.1, 0.15) is 74.7 Å². The van der Waals surface area contributed by atoms with Gasteiger partial charge in [0.15, 0.2) is 0 Å². The molecule has 0 saturated carbocycles. The highest BCUT2D eigenvalue weighted by atomic mass is 32.2. The number of fused-ring (bicyclic) bond motifs is 1. The number of aliphatic hydroxyl groups excluding tert-OH is 1. The Balaban J connectivity index is 2.10. The Kier molecular flexibility index (Phi) is 7.47. The van der Waals surface area contributed by atoms with Crippen LogP contribution in [-0.2, 0) is 14.4 Å². The summed E-state index contributed by atoms with van der Waals surface area (Å²) in [6, 6.07) is -1.17. The van der Waals surface area contributed by atoms with Crippen LogP contribution >= 0.6 is 11.8 Å². The van der Waals surface area contributed by atoms with E-state index in [1.807, 2.05) is 27.7 Å². The van der Waals surface area contributed by atoms with Crippen molar-refractivity contribution in [2.75, 3.05) is 13.7 Å². The zero-order valence-electron chi connectivity index (χ0n) is 22.4. The molecule has 2 bridgehead atoms. The SMILES string of the molecule is CC[C@H](C)[C@H](CO)N1C(=O)[C@@H]2[C@H](C(=O)NC)[C@@H]3CC(C)C2(S3)C1C(=O)NC(C)(C)CC(C)(C)C. The van der Waals surface area contributed by atoms with Gasteiger partial charge in [-0.15, -0.1) is 11.8 Å². The Bertz CT molecular complexity index is 825. The summed E-state index contributed by atoms with van der Waals surface area (Å²) in [6.45, 7) is 16.5. The first-order valence-corrected chi connectivity index (χ1v) is 13.7. The largest absolute Gasteiger partial charge is 0.394 e. The summed E-state index contributed by atoms with van der Waals surface area (Å²) in [5.74, 6) is -1.29. The number of thioether (sulfide) groups is 1. The Labute approximate surface area is 209 Å². The van der Waals surface area contributed by atoms with Crippen molar-refractivity contribution in [3.8, 4) is 0 Å². The van der Waals surface area contributed by atoms with Gasteiger partial charge in [-0.3, -0.25) is 14.4 Å². The molecule has 1 spiro atoms. The first kappa shape index (κ1) is 27.3. The number of nitrogens with zero attached hydrogens (tertiary/aromatic N) is 1. The van der Waals surface area contributed by atoms with Crippen LogP contribution in [0.5, 0.6) is 0 Å². The number of likely N-dealkylation sites (tertiary alicyclic amines) is 1. The molecule has 8 atom stereocenters. The van der Waals surface area contributed by atoms with E-state index in [0.717, 1.165) is 19.3 Å². The van der Waals surface area contributed by atoms with E-state index in [1.165, 1.54) is 0 Å². The van der Waals surface area contributed by atoms with E-state index in [2.05, 4.69) is 38.3 Å². The van der Waals surface area contributed by atoms with Gasteiger partial charge >= 0.3 is 0 Å². The van der Waals surface area contributed by atoms with Crippen LogP contribution in [0.2, 0.25) is 0 Å². The first-order valence-electron chi connectivity index (χ1n) is 12.8. The summed E-state index contributed by atoms with van der Waals surface area (Å²) >= 11 is 1.67. The molecule has 0 radical (unpaired) electrons. The lowest BCUT2D eigenvalue weighted by atomic mass is 9.65. The maximum Gasteiger partial charge on any atom is 0.244 e. The number of carbonyl (C=O) groups excluding carboxylic acids is 3. The fourth-order valence-electron chi connectivity index (χ4n) is 7.17. The predicted octanol–water partition coefficient (Wildman–Crippen LogP) is 2.81. The first-order chi connectivity index (χ1) is 15.6. The second-order valence-electron chi connectivity index (χ2n) is 12.7. The van der Waals surface area contributed by atoms with E-state index in [0.29, 0.717) is 0 Å². The molecule has 194 valence electrons. The number of amides is 3. The van der Waals surface area contributed by atoms with Gasteiger partial charge in [0, 0.05) is 17.8 Å². The van der Waals surface area contributed by atoms with Gasteiger partial charge in [0.25, 0.3) is 0 Å². The van der Waals surface area contributed by atoms with Gasteiger partial charge in [0.2, 0.25) is 17.7 Å². The summed E-state index contributed by atoms with van der Waals surface area (Å²) in [5, 5.41) is 16.5. The van der Waals surface area contributed by atoms with Crippen LogP contribution < -0.4 is 10.6 Å². The van der Waals surface area contributed by atoms with Gasteiger partial charge in [-0.1, -0.05) is 48.0 Å². The van der Waals surface area contributed by atoms with Gasteiger partial charge in [-0.25, -0.2) is 0 Å². The van der Waals surface area contributed by atoms with Crippen LogP contribution in [-0.4, -0.2) is 69.0 Å². The van der Waals surface area contributed by atoms with E-state index in [4.69, 9.17) is 0 Å². The average Bonchev–Trinajstić information content (AvgIpc) is 3.29. The molecule has 3 saturated heterocycles. The van der Waals surface area contributed by atoms with E-state index in [9.17, 15) is 19.5 Å². The molecule has 7 nitrogen and oxygen atoms in total. The number of hydrogen-bond acceptors (Lipinski definition) is 5. The average molecular weight is 496 g/mol. The van der Waals surface area contributed by atoms with Crippen LogP contribution in [0, 0.1) is 29.1 Å². The van der Waals surface area contributed by atoms with Crippen LogP contribution in [0.15, 0.2) is 0 Å². The molecular formula is C26H45N3O4S. The number of carbonyl (C=O) groups is 3. The lowest BCUT2D eigenvalue weighted by molar-refractivity contribution is -0.144. The topological polar surface area (TPSA) is 98.7 Å². The number of rotatable bonds is 8. The third-order valence-corrected chi connectivity index (χ3v) is 10.3. The smallest absolute Gasteiger partial charge is 0.244 e. The van der Waals surface area contributed by atoms with Crippen molar-refractivity contribution in [1.29, 1.82) is 0 Å². The van der Waals surface area contributed by atoms with Crippen molar-refractivity contribution in [3.05, 3.63) is 0 Å². The van der Waals surface area contributed by atoms with Gasteiger partial charge in [-0.05, 0) is 43.9 Å². The fourth-order valence-corrected chi connectivity index (χ4v) is 9.58. The molecule has 3 amide bonds. The summed E-state index contributed by atoms with van der Waals surface area (Å²) in [5.41, 5.74) is -0.445. The monoisotopic (exact) mass is 495 g/mol. The van der Waals surface area contributed by atoms with Crippen LogP contribution in [0.25, 0.3) is 0 Å². The normalized spacial score (nSPS) is 34.7. The lowest BCUT2D eigenvalue weighted by Crippen LogP contribution is -2.62. The van der Waals surface area contributed by atoms with Crippen molar-refractivity contribution in [1.82, 2.24) is 15.5 Å². The van der Waals surface area contributed by atoms with Crippen molar-refractivity contribution >= 4 is 29.5 Å². The van der Waals surface area contributed by atoms with Gasteiger partial charge < -0.3 is 20.6 Å². The molecule has 3 fully saturated rings. The van der Waals surface area contributed by atoms with E-state index in [-0.39, 0.29) is 46.8 Å². The minimum atomic E-state index is -0.713. The molecule has 8 heteroatoms. The molecule has 3 N–H and O–H groups in total. The molecule has 0 aromatic heterocycles. The zero-order chi connectivity index (χ0) is 25.8. The molecule has 3 unspecified atom stereocenters. The molecule has 34 heavy (non-hydrogen) atoms. The van der Waals surface area contributed by atoms with Crippen molar-refractivity contribution < 1.29 is 19.5 Å². The van der Waals surface area contributed by atoms with Crippen molar-refractivity contribution in [3.63, 3.8) is 0 Å². The quantitative estimate of drug-likeness (QED) is 0.481. The Morgan fingerprint density at radius 2 is 1.85 bits per heavy atom. The highest BCUT2D eigenvalue weighted by Crippen LogP contribution is 2.68. The lowest BCUT2D eigenvalue weighted by Gasteiger charge is -2.43. The zero-order valence-corrected chi connectivity index (χ0v) is 23.2. The Morgan fingerprint density at radius 1 is 1.24 bits per heavy atom. The van der Waals surface area contributed by atoms with Crippen LogP contribution in [0.3, 0.4) is 0 Å². The molecule has 0 aromatic rings. The molecule has 3 aliphatic heterocycles. The maximum absolute atomic E-state index is 14.2. The molecule has 3 heterocycles. The van der Waals surface area contributed by atoms with Crippen molar-refractivity contribution in [2.24, 2.45) is 29.1 Å². The minimum absolute atomic E-state index is 0.0192. The van der Waals surface area contributed by atoms with Gasteiger partial charge in [0.1, 0.15) is 6.04 Å². The second-order valence-corrected chi connectivity index (χ2v) is 14.2. The molecule has 0 aliphatic carbocycles. The van der Waals surface area contributed by atoms with Crippen LogP contribution in [0.4, 0.5) is 0 Å². The predicted molar refractivity (Wildman–Crippen MR) is 136 cm³/mol. The standard InChI is InChI=1S/C26H45N3O4S/c1-10-14(2)16(12-30)29-20(22(32)28-25(7,8)13-24(4,5)6)26-15(3)11-17(34-26)18(21(31)27-9)19(26)23(29)33/h14-20,30H,10-13H2,1-9H3,(H,27,31)(H,28,32)/t14-,15?,16-,17-,18+,19-,20?,26?/m0/s1. The van der Waals surface area contributed by atoms with E-state index >= 15 is 0 Å². The summed E-state index contributed by atoms with van der Waals surface area (Å²) in [6.07, 6.45) is 2.37. The summed E-state index contributed by atoms with van der Waals surface area (Å²) in [7, 11) is 1.61. The number of nitrogens with one attached hydrogen (secondary N) is 2. The van der Waals surface area contributed by atoms with E-state index < -0.39 is 34.2 Å². The van der Waals surface area contributed by atoms with Gasteiger partial charge in [-0.2, -0.15) is 0 Å². The molecule has 0 aromatic carbocycles. The number of hydrogen-bond donors (Lipinski definition) is 3. The van der Waals surface area contributed by atoms with E-state index in [1.54, 1.807) is 23.7 Å². The summed E-state index contributed by atoms with van der Waals surface area (Å²) in [4.78, 5) is 42.9. The maximum atomic E-state index is 14.2. The van der Waals surface area contributed by atoms with Crippen molar-refractivity contribution in [2.45, 2.75) is 102 Å².